The van der Waals surface area contributed by atoms with Crippen LogP contribution < -0.4 is 0 Å². The average Bonchev–Trinajstić information content (AvgIpc) is 1.64. The van der Waals surface area contributed by atoms with Crippen molar-refractivity contribution in [3.8, 4) is 0 Å². The van der Waals surface area contributed by atoms with Gasteiger partial charge in [0, 0.05) is 13.2 Å². The smallest absolute Gasteiger partial charge is 0.0568 e. The number of hydrogen-bond acceptors (Lipinski definition) is 2. The maximum atomic E-state index is 7.57. The number of aliphatic hydroxyl groups excluding tert-OH is 1. The van der Waals surface area contributed by atoms with Crippen molar-refractivity contribution in [1.29, 1.82) is 0 Å². The van der Waals surface area contributed by atoms with E-state index >= 15 is 0 Å². The largest absolute Gasteiger partial charge is 0.397 e. The quantitative estimate of drug-likeness (QED) is 0.509. The van der Waals surface area contributed by atoms with Crippen molar-refractivity contribution in [3.63, 3.8) is 0 Å². The highest BCUT2D eigenvalue weighted by atomic mass is 16.5. The van der Waals surface area contributed by atoms with Gasteiger partial charge in [-0.25, -0.2) is 0 Å². The Labute approximate surface area is 50.5 Å². The topological polar surface area (TPSA) is 29.5 Å². The Morgan fingerprint density at radius 3 is 2.00 bits per heavy atom. The van der Waals surface area contributed by atoms with Crippen LogP contribution in [0, 0.1) is 0 Å². The van der Waals surface area contributed by atoms with Gasteiger partial charge in [-0.05, 0) is 20.3 Å². The summed E-state index contributed by atoms with van der Waals surface area (Å²) in [5, 5.41) is 7.57. The molecule has 1 aliphatic rings. The molecule has 1 N–H and O–H groups in total. The summed E-state index contributed by atoms with van der Waals surface area (Å²) in [6.45, 7) is 5.00. The summed E-state index contributed by atoms with van der Waals surface area (Å²) in [5.74, 6) is 0. The summed E-state index contributed by atoms with van der Waals surface area (Å²) >= 11 is 0. The molecule has 1 atom stereocenters. The Kier molecular flexibility index (Phi) is 5.01. The molecule has 0 saturated carbocycles. The van der Waals surface area contributed by atoms with Gasteiger partial charge in [0.2, 0.25) is 0 Å². The normalized spacial score (nSPS) is 25.1. The summed E-state index contributed by atoms with van der Waals surface area (Å²) in [7, 11) is 0. The third-order valence-corrected chi connectivity index (χ3v) is 0.927. The number of rotatable bonds is 0. The standard InChI is InChI=1S/C4H8O.C2H6O/c1-4-2-3-5-4;1-2-3/h4H,2-3H2,1H3;3H,2H2,1H3. The van der Waals surface area contributed by atoms with Crippen LogP contribution in [-0.4, -0.2) is 24.4 Å². The zero-order valence-corrected chi connectivity index (χ0v) is 5.55. The van der Waals surface area contributed by atoms with Crippen molar-refractivity contribution in [2.24, 2.45) is 0 Å². The lowest BCUT2D eigenvalue weighted by Gasteiger charge is -2.20. The highest BCUT2D eigenvalue weighted by Crippen LogP contribution is 2.07. The van der Waals surface area contributed by atoms with E-state index in [9.17, 15) is 0 Å². The fourth-order valence-electron chi connectivity index (χ4n) is 0.354. The van der Waals surface area contributed by atoms with E-state index in [1.807, 2.05) is 0 Å². The van der Waals surface area contributed by atoms with Crippen LogP contribution >= 0.6 is 0 Å². The zero-order chi connectivity index (χ0) is 6.41. The van der Waals surface area contributed by atoms with Gasteiger partial charge in [0.15, 0.2) is 0 Å². The summed E-state index contributed by atoms with van der Waals surface area (Å²) < 4.78 is 4.93. The Morgan fingerprint density at radius 2 is 2.00 bits per heavy atom. The van der Waals surface area contributed by atoms with Crippen molar-refractivity contribution in [2.45, 2.75) is 26.4 Å². The van der Waals surface area contributed by atoms with E-state index < -0.39 is 0 Å². The summed E-state index contributed by atoms with van der Waals surface area (Å²) in [5.41, 5.74) is 0. The fraction of sp³-hybridized carbons (Fsp3) is 1.00. The summed E-state index contributed by atoms with van der Waals surface area (Å²) in [4.78, 5) is 0. The molecule has 1 saturated heterocycles. The van der Waals surface area contributed by atoms with Gasteiger partial charge in [0.25, 0.3) is 0 Å². The van der Waals surface area contributed by atoms with Crippen molar-refractivity contribution >= 4 is 0 Å². The Balaban J connectivity index is 0.000000145. The third kappa shape index (κ3) is 4.09. The average molecular weight is 118 g/mol. The lowest BCUT2D eigenvalue weighted by molar-refractivity contribution is -0.0375. The lowest BCUT2D eigenvalue weighted by Crippen LogP contribution is -2.22. The van der Waals surface area contributed by atoms with Crippen LogP contribution in [0.3, 0.4) is 0 Å². The van der Waals surface area contributed by atoms with E-state index in [0.717, 1.165) is 6.61 Å². The Morgan fingerprint density at radius 1 is 1.75 bits per heavy atom. The van der Waals surface area contributed by atoms with E-state index in [2.05, 4.69) is 6.92 Å². The van der Waals surface area contributed by atoms with Crippen molar-refractivity contribution in [2.75, 3.05) is 13.2 Å². The molecular weight excluding hydrogens is 104 g/mol. The molecule has 0 bridgehead atoms. The van der Waals surface area contributed by atoms with Gasteiger partial charge >= 0.3 is 0 Å². The predicted octanol–water partition coefficient (Wildman–Crippen LogP) is 0.794. The molecule has 0 radical (unpaired) electrons. The molecule has 2 nitrogen and oxygen atoms in total. The van der Waals surface area contributed by atoms with Gasteiger partial charge < -0.3 is 9.84 Å². The minimum Gasteiger partial charge on any atom is -0.397 e. The van der Waals surface area contributed by atoms with Gasteiger partial charge in [-0.3, -0.25) is 0 Å². The van der Waals surface area contributed by atoms with Crippen LogP contribution in [-0.2, 0) is 4.74 Å². The molecule has 50 valence electrons. The molecule has 0 aromatic carbocycles. The van der Waals surface area contributed by atoms with Gasteiger partial charge in [-0.15, -0.1) is 0 Å². The fourth-order valence-corrected chi connectivity index (χ4v) is 0.354. The van der Waals surface area contributed by atoms with Gasteiger partial charge in [0.1, 0.15) is 0 Å². The van der Waals surface area contributed by atoms with Crippen LogP contribution in [0.4, 0.5) is 0 Å². The monoisotopic (exact) mass is 118 g/mol. The van der Waals surface area contributed by atoms with E-state index in [0.29, 0.717) is 6.10 Å². The van der Waals surface area contributed by atoms with E-state index in [-0.39, 0.29) is 6.61 Å². The second-order valence-corrected chi connectivity index (χ2v) is 1.79. The van der Waals surface area contributed by atoms with Crippen molar-refractivity contribution in [1.82, 2.24) is 0 Å². The predicted molar refractivity (Wildman–Crippen MR) is 32.8 cm³/mol. The van der Waals surface area contributed by atoms with Crippen LogP contribution in [0.15, 0.2) is 0 Å². The van der Waals surface area contributed by atoms with Crippen LogP contribution in [0.25, 0.3) is 0 Å². The molecule has 8 heavy (non-hydrogen) atoms. The van der Waals surface area contributed by atoms with Crippen molar-refractivity contribution in [3.05, 3.63) is 0 Å². The molecule has 0 aromatic rings. The summed E-state index contributed by atoms with van der Waals surface area (Å²) in [6.07, 6.45) is 1.83. The molecular formula is C6H14O2. The molecule has 0 aliphatic carbocycles. The first-order valence-corrected chi connectivity index (χ1v) is 3.03. The SMILES string of the molecule is CC1CCO1.CCO. The van der Waals surface area contributed by atoms with Crippen LogP contribution in [0.2, 0.25) is 0 Å². The van der Waals surface area contributed by atoms with Gasteiger partial charge in [-0.1, -0.05) is 0 Å². The Hall–Kier alpha value is -0.0800. The first-order valence-electron chi connectivity index (χ1n) is 3.03. The van der Waals surface area contributed by atoms with Crippen LogP contribution in [0.5, 0.6) is 0 Å². The summed E-state index contributed by atoms with van der Waals surface area (Å²) in [6, 6.07) is 0. The highest BCUT2D eigenvalue weighted by Gasteiger charge is 2.09. The first-order chi connectivity index (χ1) is 3.81. The third-order valence-electron chi connectivity index (χ3n) is 0.927. The molecule has 1 aliphatic heterocycles. The minimum atomic E-state index is 0.250. The van der Waals surface area contributed by atoms with Gasteiger partial charge in [0.05, 0.1) is 6.10 Å². The first kappa shape index (κ1) is 7.92. The second kappa shape index (κ2) is 5.06. The number of aliphatic hydroxyl groups is 1. The van der Waals surface area contributed by atoms with Crippen molar-refractivity contribution < 1.29 is 9.84 Å². The van der Waals surface area contributed by atoms with Crippen LogP contribution in [0.1, 0.15) is 20.3 Å². The maximum absolute atomic E-state index is 7.57. The maximum Gasteiger partial charge on any atom is 0.0568 e. The zero-order valence-electron chi connectivity index (χ0n) is 5.55. The molecule has 0 spiro atoms. The van der Waals surface area contributed by atoms with Gasteiger partial charge in [-0.2, -0.15) is 0 Å². The molecule has 0 amide bonds. The number of ether oxygens (including phenoxy) is 1. The highest BCUT2D eigenvalue weighted by molar-refractivity contribution is 4.57. The molecule has 1 fully saturated rings. The van der Waals surface area contributed by atoms with E-state index in [4.69, 9.17) is 9.84 Å². The lowest BCUT2D eigenvalue weighted by atomic mass is 10.2. The Bertz CT molecular complexity index is 41.8. The second-order valence-electron chi connectivity index (χ2n) is 1.79. The molecule has 0 aromatic heterocycles. The molecule has 1 unspecified atom stereocenters. The number of hydrogen-bond donors (Lipinski definition) is 1. The van der Waals surface area contributed by atoms with E-state index in [1.54, 1.807) is 6.92 Å². The molecule has 1 heterocycles. The minimum absolute atomic E-state index is 0.250. The molecule has 1 rings (SSSR count). The molecule has 2 heteroatoms. The van der Waals surface area contributed by atoms with E-state index in [1.165, 1.54) is 6.42 Å².